The third-order valence-electron chi connectivity index (χ3n) is 3.18. The van der Waals surface area contributed by atoms with Crippen LogP contribution in [0.15, 0.2) is 11.6 Å². The van der Waals surface area contributed by atoms with E-state index in [-0.39, 0.29) is 11.9 Å². The molecule has 2 aromatic rings. The fourth-order valence-electron chi connectivity index (χ4n) is 2.10. The Kier molecular flexibility index (Phi) is 5.08. The lowest BCUT2D eigenvalue weighted by Crippen LogP contribution is -2.18. The average Bonchev–Trinajstić information content (AvgIpc) is 3.05. The maximum atomic E-state index is 12.3. The maximum absolute atomic E-state index is 12.3. The minimum atomic E-state index is -0.156. The SMILES string of the molecule is CCNC(C)c1csc(NC(=O)c2cn(C)nc2CC)n1. The van der Waals surface area contributed by atoms with Crippen LogP contribution >= 0.6 is 11.3 Å². The molecule has 2 N–H and O–H groups in total. The number of carbonyl (C=O) groups is 1. The molecular formula is C14H21N5OS. The lowest BCUT2D eigenvalue weighted by atomic mass is 10.2. The van der Waals surface area contributed by atoms with Crippen molar-refractivity contribution in [3.8, 4) is 0 Å². The van der Waals surface area contributed by atoms with Crippen LogP contribution in [0.5, 0.6) is 0 Å². The molecule has 2 rings (SSSR count). The zero-order valence-electron chi connectivity index (χ0n) is 12.8. The van der Waals surface area contributed by atoms with Gasteiger partial charge in [0.2, 0.25) is 0 Å². The first-order chi connectivity index (χ1) is 10.0. The number of aromatic nitrogens is 3. The highest BCUT2D eigenvalue weighted by Crippen LogP contribution is 2.21. The second-order valence-electron chi connectivity index (χ2n) is 4.83. The van der Waals surface area contributed by atoms with Crippen molar-refractivity contribution < 1.29 is 4.79 Å². The predicted molar refractivity (Wildman–Crippen MR) is 84.7 cm³/mol. The molecule has 1 unspecified atom stereocenters. The molecule has 0 aromatic carbocycles. The average molecular weight is 307 g/mol. The van der Waals surface area contributed by atoms with Crippen LogP contribution in [0.25, 0.3) is 0 Å². The van der Waals surface area contributed by atoms with Crippen LogP contribution in [-0.4, -0.2) is 27.2 Å². The van der Waals surface area contributed by atoms with Gasteiger partial charge >= 0.3 is 0 Å². The summed E-state index contributed by atoms with van der Waals surface area (Å²) in [4.78, 5) is 16.8. The molecule has 114 valence electrons. The molecule has 7 heteroatoms. The molecule has 0 spiro atoms. The third-order valence-corrected chi connectivity index (χ3v) is 3.96. The topological polar surface area (TPSA) is 71.8 Å². The number of aryl methyl sites for hydroxylation is 2. The summed E-state index contributed by atoms with van der Waals surface area (Å²) in [5.41, 5.74) is 2.35. The van der Waals surface area contributed by atoms with Gasteiger partial charge in [0.1, 0.15) is 0 Å². The van der Waals surface area contributed by atoms with E-state index in [1.807, 2.05) is 19.4 Å². The third kappa shape index (κ3) is 3.68. The van der Waals surface area contributed by atoms with Gasteiger partial charge in [0, 0.05) is 24.7 Å². The zero-order chi connectivity index (χ0) is 15.4. The van der Waals surface area contributed by atoms with E-state index in [0.29, 0.717) is 10.7 Å². The van der Waals surface area contributed by atoms with Gasteiger partial charge in [-0.3, -0.25) is 14.8 Å². The van der Waals surface area contributed by atoms with Gasteiger partial charge in [0.05, 0.1) is 17.0 Å². The van der Waals surface area contributed by atoms with Crippen molar-refractivity contribution in [1.82, 2.24) is 20.1 Å². The number of anilines is 1. The normalized spacial score (nSPS) is 12.4. The summed E-state index contributed by atoms with van der Waals surface area (Å²) in [5.74, 6) is -0.156. The highest BCUT2D eigenvalue weighted by Gasteiger charge is 2.16. The van der Waals surface area contributed by atoms with E-state index < -0.39 is 0 Å². The molecular weight excluding hydrogens is 286 g/mol. The Labute approximate surface area is 128 Å². The van der Waals surface area contributed by atoms with Crippen LogP contribution < -0.4 is 10.6 Å². The van der Waals surface area contributed by atoms with Crippen molar-refractivity contribution in [3.63, 3.8) is 0 Å². The highest BCUT2D eigenvalue weighted by molar-refractivity contribution is 7.14. The Morgan fingerprint density at radius 1 is 1.48 bits per heavy atom. The molecule has 6 nitrogen and oxygen atoms in total. The van der Waals surface area contributed by atoms with Crippen molar-refractivity contribution in [1.29, 1.82) is 0 Å². The van der Waals surface area contributed by atoms with Crippen LogP contribution in [0.3, 0.4) is 0 Å². The lowest BCUT2D eigenvalue weighted by molar-refractivity contribution is 0.102. The van der Waals surface area contributed by atoms with E-state index in [2.05, 4.69) is 34.6 Å². The van der Waals surface area contributed by atoms with Gasteiger partial charge in [-0.1, -0.05) is 13.8 Å². The Hall–Kier alpha value is -1.73. The molecule has 0 fully saturated rings. The number of rotatable bonds is 6. The van der Waals surface area contributed by atoms with Gasteiger partial charge in [-0.15, -0.1) is 11.3 Å². The molecule has 2 heterocycles. The predicted octanol–water partition coefficient (Wildman–Crippen LogP) is 2.36. The van der Waals surface area contributed by atoms with Gasteiger partial charge < -0.3 is 5.32 Å². The summed E-state index contributed by atoms with van der Waals surface area (Å²) >= 11 is 1.44. The maximum Gasteiger partial charge on any atom is 0.260 e. The molecule has 2 aromatic heterocycles. The molecule has 0 saturated carbocycles. The summed E-state index contributed by atoms with van der Waals surface area (Å²) in [6.45, 7) is 6.98. The summed E-state index contributed by atoms with van der Waals surface area (Å²) in [6, 6.07) is 0.182. The van der Waals surface area contributed by atoms with Crippen LogP contribution in [0.1, 0.15) is 48.6 Å². The van der Waals surface area contributed by atoms with Gasteiger partial charge in [0.15, 0.2) is 5.13 Å². The van der Waals surface area contributed by atoms with Crippen molar-refractivity contribution in [3.05, 3.63) is 28.5 Å². The van der Waals surface area contributed by atoms with Crippen molar-refractivity contribution in [2.75, 3.05) is 11.9 Å². The van der Waals surface area contributed by atoms with Crippen molar-refractivity contribution in [2.45, 2.75) is 33.2 Å². The number of carbonyl (C=O) groups excluding carboxylic acids is 1. The number of thiazole rings is 1. The van der Waals surface area contributed by atoms with Gasteiger partial charge in [-0.05, 0) is 19.9 Å². The van der Waals surface area contributed by atoms with E-state index in [0.717, 1.165) is 24.4 Å². The van der Waals surface area contributed by atoms with E-state index >= 15 is 0 Å². The van der Waals surface area contributed by atoms with E-state index in [4.69, 9.17) is 0 Å². The monoisotopic (exact) mass is 307 g/mol. The Morgan fingerprint density at radius 3 is 2.90 bits per heavy atom. The van der Waals surface area contributed by atoms with Gasteiger partial charge in [-0.2, -0.15) is 5.10 Å². The van der Waals surface area contributed by atoms with Crippen LogP contribution in [0.4, 0.5) is 5.13 Å². The first-order valence-electron chi connectivity index (χ1n) is 7.07. The van der Waals surface area contributed by atoms with Crippen LogP contribution in [0, 0.1) is 0 Å². The van der Waals surface area contributed by atoms with Crippen LogP contribution in [0.2, 0.25) is 0 Å². The molecule has 21 heavy (non-hydrogen) atoms. The fourth-order valence-corrected chi connectivity index (χ4v) is 2.90. The lowest BCUT2D eigenvalue weighted by Gasteiger charge is -2.08. The molecule has 1 amide bonds. The Bertz CT molecular complexity index is 619. The van der Waals surface area contributed by atoms with Gasteiger partial charge in [-0.25, -0.2) is 4.98 Å². The summed E-state index contributed by atoms with van der Waals surface area (Å²) < 4.78 is 1.66. The highest BCUT2D eigenvalue weighted by atomic mass is 32.1. The quantitative estimate of drug-likeness (QED) is 0.859. The number of nitrogens with zero attached hydrogens (tertiary/aromatic N) is 3. The molecule has 0 aliphatic heterocycles. The Morgan fingerprint density at radius 2 is 2.24 bits per heavy atom. The van der Waals surface area contributed by atoms with Crippen LogP contribution in [-0.2, 0) is 13.5 Å². The molecule has 0 saturated heterocycles. The first kappa shape index (κ1) is 15.7. The number of amides is 1. The molecule has 0 aliphatic carbocycles. The summed E-state index contributed by atoms with van der Waals surface area (Å²) in [7, 11) is 1.82. The van der Waals surface area contributed by atoms with E-state index in [1.54, 1.807) is 10.9 Å². The van der Waals surface area contributed by atoms with E-state index in [9.17, 15) is 4.79 Å². The van der Waals surface area contributed by atoms with Crippen molar-refractivity contribution >= 4 is 22.4 Å². The second-order valence-corrected chi connectivity index (χ2v) is 5.69. The van der Waals surface area contributed by atoms with Crippen molar-refractivity contribution in [2.24, 2.45) is 7.05 Å². The van der Waals surface area contributed by atoms with Gasteiger partial charge in [0.25, 0.3) is 5.91 Å². The minimum Gasteiger partial charge on any atom is -0.309 e. The first-order valence-corrected chi connectivity index (χ1v) is 7.95. The number of nitrogens with one attached hydrogen (secondary N) is 2. The molecule has 0 radical (unpaired) electrons. The van der Waals surface area contributed by atoms with E-state index in [1.165, 1.54) is 11.3 Å². The number of hydrogen-bond acceptors (Lipinski definition) is 5. The fraction of sp³-hybridized carbons (Fsp3) is 0.500. The smallest absolute Gasteiger partial charge is 0.260 e. The number of hydrogen-bond donors (Lipinski definition) is 2. The zero-order valence-corrected chi connectivity index (χ0v) is 13.6. The summed E-state index contributed by atoms with van der Waals surface area (Å²) in [6.07, 6.45) is 2.47. The Balaban J connectivity index is 2.09. The standard InChI is InChI=1S/C14H21N5OS/c1-5-11-10(7-19(4)18-11)13(20)17-14-16-12(8-21-14)9(3)15-6-2/h7-9,15H,5-6H2,1-4H3,(H,16,17,20). The summed E-state index contributed by atoms with van der Waals surface area (Å²) in [5, 5.41) is 13.0. The molecule has 0 bridgehead atoms. The minimum absolute atomic E-state index is 0.156. The largest absolute Gasteiger partial charge is 0.309 e. The molecule has 0 aliphatic rings. The second kappa shape index (κ2) is 6.82. The molecule has 1 atom stereocenters.